The molecule has 1 N–H and O–H groups in total. The molecule has 1 atom stereocenters. The number of aromatic amines is 1. The average molecular weight is 519 g/mol. The highest BCUT2D eigenvalue weighted by Crippen LogP contribution is 2.36. The molecule has 2 aromatic carbocycles. The largest absolute Gasteiger partial charge is 0.468 e. The first-order chi connectivity index (χ1) is 17.9. The van der Waals surface area contributed by atoms with Crippen LogP contribution < -0.4 is 4.74 Å². The van der Waals surface area contributed by atoms with Crippen molar-refractivity contribution in [2.45, 2.75) is 64.5 Å². The summed E-state index contributed by atoms with van der Waals surface area (Å²) >= 11 is 0. The van der Waals surface area contributed by atoms with Gasteiger partial charge in [-0.15, -0.1) is 0 Å². The summed E-state index contributed by atoms with van der Waals surface area (Å²) in [6, 6.07) is 14.0. The molecular weight excluding hydrogens is 480 g/mol. The van der Waals surface area contributed by atoms with Crippen LogP contribution in [0.4, 0.5) is 0 Å². The fourth-order valence-electron chi connectivity index (χ4n) is 4.79. The number of aromatic nitrogens is 4. The third-order valence-electron chi connectivity index (χ3n) is 6.93. The molecule has 1 aliphatic rings. The Kier molecular flexibility index (Phi) is 7.78. The first kappa shape index (κ1) is 25.7. The first-order valence-electron chi connectivity index (χ1n) is 13.4. The number of fused-ring (bicyclic) bond motifs is 1. The van der Waals surface area contributed by atoms with Crippen LogP contribution in [0.2, 0.25) is 25.7 Å². The van der Waals surface area contributed by atoms with Crippen LogP contribution in [0.5, 0.6) is 5.75 Å². The monoisotopic (exact) mass is 518 g/mol. The van der Waals surface area contributed by atoms with Gasteiger partial charge in [0.25, 0.3) is 0 Å². The Morgan fingerprint density at radius 1 is 1.14 bits per heavy atom. The predicted octanol–water partition coefficient (Wildman–Crippen LogP) is 7.05. The molecular formula is C29H38N4O3Si. The van der Waals surface area contributed by atoms with Gasteiger partial charge < -0.3 is 19.2 Å². The number of H-pyrrole nitrogens is 1. The van der Waals surface area contributed by atoms with Gasteiger partial charge in [0.05, 0.1) is 5.52 Å². The van der Waals surface area contributed by atoms with E-state index < -0.39 is 8.07 Å². The summed E-state index contributed by atoms with van der Waals surface area (Å²) < 4.78 is 19.8. The Labute approximate surface area is 220 Å². The van der Waals surface area contributed by atoms with Gasteiger partial charge in [-0.05, 0) is 72.7 Å². The maximum absolute atomic E-state index is 6.13. The molecule has 1 fully saturated rings. The molecule has 1 unspecified atom stereocenters. The molecule has 0 saturated carbocycles. The number of hydrogen-bond donors (Lipinski definition) is 1. The number of ether oxygens (including phenoxy) is 3. The minimum absolute atomic E-state index is 0.0578. The summed E-state index contributed by atoms with van der Waals surface area (Å²) in [4.78, 5) is 7.68. The highest BCUT2D eigenvalue weighted by molar-refractivity contribution is 6.76. The van der Waals surface area contributed by atoms with Gasteiger partial charge in [0, 0.05) is 39.1 Å². The lowest BCUT2D eigenvalue weighted by atomic mass is 9.96. The normalized spacial score (nSPS) is 16.4. The van der Waals surface area contributed by atoms with Crippen LogP contribution >= 0.6 is 0 Å². The summed E-state index contributed by atoms with van der Waals surface area (Å²) in [5.74, 6) is 1.62. The Hall–Kier alpha value is -2.94. The summed E-state index contributed by atoms with van der Waals surface area (Å²) in [5.41, 5.74) is 5.52. The van der Waals surface area contributed by atoms with Gasteiger partial charge in [0.1, 0.15) is 11.4 Å². The molecule has 1 saturated heterocycles. The van der Waals surface area contributed by atoms with E-state index in [1.165, 1.54) is 11.1 Å². The van der Waals surface area contributed by atoms with Crippen LogP contribution in [0.3, 0.4) is 0 Å². The van der Waals surface area contributed by atoms with Crippen LogP contribution in [-0.2, 0) is 15.9 Å². The second kappa shape index (κ2) is 11.2. The second-order valence-electron chi connectivity index (χ2n) is 10.9. The van der Waals surface area contributed by atoms with Crippen molar-refractivity contribution >= 4 is 19.0 Å². The summed E-state index contributed by atoms with van der Waals surface area (Å²) in [7, 11) is -1.10. The minimum atomic E-state index is -1.10. The molecule has 1 aliphatic heterocycles. The molecule has 0 radical (unpaired) electrons. The quantitative estimate of drug-likeness (QED) is 0.138. The van der Waals surface area contributed by atoms with Gasteiger partial charge in [-0.2, -0.15) is 5.10 Å². The standard InChI is InChI=1S/C29H38N4O3Si/c1-5-21-18-23(36-20-34-16-17-37(2,3)4)10-12-24(21)22-9-11-25-26(19-22)33(27-8-6-7-15-35-27)32-28(25)29-30-13-14-31-29/h9-14,18-19,27H,5-8,15-17,20H2,1-4H3,(H,30,31). The van der Waals surface area contributed by atoms with Gasteiger partial charge in [0.2, 0.25) is 0 Å². The van der Waals surface area contributed by atoms with E-state index in [1.54, 1.807) is 6.20 Å². The van der Waals surface area contributed by atoms with Crippen LogP contribution in [-0.4, -0.2) is 47.8 Å². The second-order valence-corrected chi connectivity index (χ2v) is 16.6. The van der Waals surface area contributed by atoms with Crippen LogP contribution in [0, 0.1) is 0 Å². The van der Waals surface area contributed by atoms with Crippen molar-refractivity contribution in [2.75, 3.05) is 20.0 Å². The SMILES string of the molecule is CCc1cc(OCOCC[Si](C)(C)C)ccc1-c1ccc2c(-c3ncc[nH]3)nn(C3CCCCO3)c2c1. The van der Waals surface area contributed by atoms with Gasteiger partial charge in [-0.1, -0.05) is 38.7 Å². The zero-order valence-electron chi connectivity index (χ0n) is 22.4. The molecule has 0 spiro atoms. The van der Waals surface area contributed by atoms with E-state index in [4.69, 9.17) is 19.3 Å². The summed E-state index contributed by atoms with van der Waals surface area (Å²) in [5, 5.41) is 6.05. The predicted molar refractivity (Wildman–Crippen MR) is 151 cm³/mol. The highest BCUT2D eigenvalue weighted by Gasteiger charge is 2.23. The van der Waals surface area contributed by atoms with Crippen molar-refractivity contribution in [1.29, 1.82) is 0 Å². The van der Waals surface area contributed by atoms with Crippen LogP contribution in [0.25, 0.3) is 33.5 Å². The number of hydrogen-bond acceptors (Lipinski definition) is 5. The van der Waals surface area contributed by atoms with Crippen molar-refractivity contribution in [1.82, 2.24) is 19.7 Å². The van der Waals surface area contributed by atoms with E-state index in [0.29, 0.717) is 0 Å². The van der Waals surface area contributed by atoms with Crippen molar-refractivity contribution in [2.24, 2.45) is 0 Å². The van der Waals surface area contributed by atoms with Crippen molar-refractivity contribution < 1.29 is 14.2 Å². The van der Waals surface area contributed by atoms with Crippen molar-refractivity contribution in [3.8, 4) is 28.4 Å². The smallest absolute Gasteiger partial charge is 0.189 e. The lowest BCUT2D eigenvalue weighted by Gasteiger charge is -2.23. The number of nitrogens with one attached hydrogen (secondary N) is 1. The molecule has 37 heavy (non-hydrogen) atoms. The van der Waals surface area contributed by atoms with E-state index in [-0.39, 0.29) is 13.0 Å². The van der Waals surface area contributed by atoms with E-state index in [0.717, 1.165) is 78.7 Å². The fourth-order valence-corrected chi connectivity index (χ4v) is 5.55. The lowest BCUT2D eigenvalue weighted by Crippen LogP contribution is -2.22. The van der Waals surface area contributed by atoms with Gasteiger partial charge in [0.15, 0.2) is 18.8 Å². The molecule has 5 rings (SSSR count). The van der Waals surface area contributed by atoms with E-state index in [9.17, 15) is 0 Å². The Bertz CT molecular complexity index is 1320. The lowest BCUT2D eigenvalue weighted by molar-refractivity contribution is -0.0365. The van der Waals surface area contributed by atoms with Crippen molar-refractivity contribution in [3.05, 3.63) is 54.4 Å². The molecule has 7 nitrogen and oxygen atoms in total. The van der Waals surface area contributed by atoms with E-state index in [1.807, 2.05) is 12.3 Å². The molecule has 0 amide bonds. The van der Waals surface area contributed by atoms with E-state index >= 15 is 0 Å². The van der Waals surface area contributed by atoms with Gasteiger partial charge in [-0.3, -0.25) is 0 Å². The molecule has 2 aromatic heterocycles. The molecule has 0 bridgehead atoms. The Morgan fingerprint density at radius 2 is 2.03 bits per heavy atom. The zero-order valence-corrected chi connectivity index (χ0v) is 23.4. The number of imidazole rings is 1. The maximum Gasteiger partial charge on any atom is 0.189 e. The molecule has 3 heterocycles. The highest BCUT2D eigenvalue weighted by atomic mass is 28.3. The fraction of sp³-hybridized carbons (Fsp3) is 0.448. The molecule has 8 heteroatoms. The molecule has 196 valence electrons. The number of aryl methyl sites for hydroxylation is 1. The minimum Gasteiger partial charge on any atom is -0.468 e. The Morgan fingerprint density at radius 3 is 2.76 bits per heavy atom. The van der Waals surface area contributed by atoms with Crippen LogP contribution in [0.1, 0.15) is 38.0 Å². The Balaban J connectivity index is 1.42. The van der Waals surface area contributed by atoms with E-state index in [2.05, 4.69) is 71.5 Å². The van der Waals surface area contributed by atoms with Crippen LogP contribution in [0.15, 0.2) is 48.8 Å². The number of benzene rings is 2. The third-order valence-corrected chi connectivity index (χ3v) is 8.64. The zero-order chi connectivity index (χ0) is 25.8. The molecule has 0 aliphatic carbocycles. The average Bonchev–Trinajstić information content (AvgIpc) is 3.56. The summed E-state index contributed by atoms with van der Waals surface area (Å²) in [6.45, 7) is 11.1. The summed E-state index contributed by atoms with van der Waals surface area (Å²) in [6.07, 6.45) is 7.65. The van der Waals surface area contributed by atoms with Gasteiger partial charge >= 0.3 is 0 Å². The molecule has 4 aromatic rings. The third kappa shape index (κ3) is 5.97. The number of nitrogens with zero attached hydrogens (tertiary/aromatic N) is 3. The number of rotatable bonds is 10. The topological polar surface area (TPSA) is 74.2 Å². The first-order valence-corrected chi connectivity index (χ1v) is 17.1. The van der Waals surface area contributed by atoms with Gasteiger partial charge in [-0.25, -0.2) is 9.67 Å². The van der Waals surface area contributed by atoms with Crippen molar-refractivity contribution in [3.63, 3.8) is 0 Å². The maximum atomic E-state index is 6.13.